The molecule has 5 heteroatoms. The summed E-state index contributed by atoms with van der Waals surface area (Å²) < 4.78 is 1.76. The maximum Gasteiger partial charge on any atom is 0.323 e. The number of amides is 2. The first-order chi connectivity index (χ1) is 11.1. The van der Waals surface area contributed by atoms with Gasteiger partial charge in [-0.25, -0.2) is 9.48 Å². The molecule has 0 aliphatic rings. The minimum absolute atomic E-state index is 0.260. The van der Waals surface area contributed by atoms with Crippen molar-refractivity contribution < 1.29 is 4.79 Å². The van der Waals surface area contributed by atoms with Crippen molar-refractivity contribution in [2.24, 2.45) is 0 Å². The Morgan fingerprint density at radius 2 is 1.83 bits per heavy atom. The van der Waals surface area contributed by atoms with Gasteiger partial charge in [-0.15, -0.1) is 0 Å². The molecule has 0 aliphatic heterocycles. The third kappa shape index (κ3) is 3.58. The average molecular weight is 306 g/mol. The Morgan fingerprint density at radius 1 is 1.04 bits per heavy atom. The van der Waals surface area contributed by atoms with Gasteiger partial charge >= 0.3 is 6.03 Å². The maximum atomic E-state index is 12.1. The first kappa shape index (κ1) is 14.8. The number of benzene rings is 2. The predicted molar refractivity (Wildman–Crippen MR) is 92.1 cm³/mol. The molecule has 0 spiro atoms. The SMILES string of the molecule is Cc1ccc(NC(=O)Nc2ccc(-n3cccn3)cc2)c(C)c1. The van der Waals surface area contributed by atoms with E-state index in [2.05, 4.69) is 15.7 Å². The second-order valence-corrected chi connectivity index (χ2v) is 5.40. The molecule has 0 unspecified atom stereocenters. The van der Waals surface area contributed by atoms with E-state index < -0.39 is 0 Å². The summed E-state index contributed by atoms with van der Waals surface area (Å²) in [6.45, 7) is 4.00. The molecule has 0 radical (unpaired) electrons. The van der Waals surface area contributed by atoms with Gasteiger partial charge in [0.05, 0.1) is 5.69 Å². The molecule has 0 atom stereocenters. The van der Waals surface area contributed by atoms with Crippen LogP contribution in [0.25, 0.3) is 5.69 Å². The van der Waals surface area contributed by atoms with E-state index in [9.17, 15) is 4.79 Å². The zero-order valence-electron chi connectivity index (χ0n) is 13.1. The van der Waals surface area contributed by atoms with E-state index in [0.717, 1.165) is 22.6 Å². The highest BCUT2D eigenvalue weighted by molar-refractivity contribution is 6.00. The number of aryl methyl sites for hydroxylation is 2. The summed E-state index contributed by atoms with van der Waals surface area (Å²) in [6, 6.07) is 15.0. The van der Waals surface area contributed by atoms with Gasteiger partial charge in [0, 0.05) is 23.8 Å². The van der Waals surface area contributed by atoms with Crippen LogP contribution >= 0.6 is 0 Å². The molecule has 5 nitrogen and oxygen atoms in total. The summed E-state index contributed by atoms with van der Waals surface area (Å²) in [5.41, 5.74) is 4.68. The Bertz CT molecular complexity index is 808. The summed E-state index contributed by atoms with van der Waals surface area (Å²) in [6.07, 6.45) is 3.60. The monoisotopic (exact) mass is 306 g/mol. The molecule has 116 valence electrons. The van der Waals surface area contributed by atoms with Crippen LogP contribution in [0, 0.1) is 13.8 Å². The van der Waals surface area contributed by atoms with Crippen LogP contribution in [0.5, 0.6) is 0 Å². The number of hydrogen-bond donors (Lipinski definition) is 2. The Balaban J connectivity index is 1.66. The van der Waals surface area contributed by atoms with Gasteiger partial charge in [-0.1, -0.05) is 17.7 Å². The van der Waals surface area contributed by atoms with Crippen molar-refractivity contribution in [3.63, 3.8) is 0 Å². The minimum Gasteiger partial charge on any atom is -0.308 e. The molecule has 0 fully saturated rings. The zero-order chi connectivity index (χ0) is 16.2. The van der Waals surface area contributed by atoms with Gasteiger partial charge in [-0.05, 0) is 55.8 Å². The van der Waals surface area contributed by atoms with Crippen LogP contribution in [0.15, 0.2) is 60.9 Å². The van der Waals surface area contributed by atoms with Gasteiger partial charge in [0.2, 0.25) is 0 Å². The first-order valence-electron chi connectivity index (χ1n) is 7.37. The number of aromatic nitrogens is 2. The predicted octanol–water partition coefficient (Wildman–Crippen LogP) is 4.13. The highest BCUT2D eigenvalue weighted by atomic mass is 16.2. The Morgan fingerprint density at radius 3 is 2.48 bits per heavy atom. The minimum atomic E-state index is -0.260. The lowest BCUT2D eigenvalue weighted by Crippen LogP contribution is -2.20. The number of anilines is 2. The van der Waals surface area contributed by atoms with E-state index in [-0.39, 0.29) is 6.03 Å². The fraction of sp³-hybridized carbons (Fsp3) is 0.111. The number of nitrogens with one attached hydrogen (secondary N) is 2. The maximum absolute atomic E-state index is 12.1. The van der Waals surface area contributed by atoms with Gasteiger partial charge in [0.1, 0.15) is 0 Å². The summed E-state index contributed by atoms with van der Waals surface area (Å²) >= 11 is 0. The van der Waals surface area contributed by atoms with Gasteiger partial charge in [0.15, 0.2) is 0 Å². The quantitative estimate of drug-likeness (QED) is 0.764. The smallest absolute Gasteiger partial charge is 0.308 e. The Hall–Kier alpha value is -3.08. The number of urea groups is 1. The van der Waals surface area contributed by atoms with Crippen molar-refractivity contribution in [1.82, 2.24) is 9.78 Å². The zero-order valence-corrected chi connectivity index (χ0v) is 13.1. The van der Waals surface area contributed by atoms with Crippen molar-refractivity contribution in [2.45, 2.75) is 13.8 Å². The lowest BCUT2D eigenvalue weighted by Gasteiger charge is -2.11. The Labute approximate surface area is 135 Å². The average Bonchev–Trinajstić information content (AvgIpc) is 3.05. The summed E-state index contributed by atoms with van der Waals surface area (Å²) in [5.74, 6) is 0. The summed E-state index contributed by atoms with van der Waals surface area (Å²) in [5, 5.41) is 9.85. The second kappa shape index (κ2) is 6.36. The molecule has 3 aromatic rings. The largest absolute Gasteiger partial charge is 0.323 e. The molecule has 2 aromatic carbocycles. The molecule has 0 saturated carbocycles. The van der Waals surface area contributed by atoms with Crippen LogP contribution in [0.1, 0.15) is 11.1 Å². The van der Waals surface area contributed by atoms with Crippen molar-refractivity contribution in [3.8, 4) is 5.69 Å². The van der Waals surface area contributed by atoms with Crippen molar-refractivity contribution in [2.75, 3.05) is 10.6 Å². The van der Waals surface area contributed by atoms with Gasteiger partial charge in [-0.3, -0.25) is 0 Å². The third-order valence-corrected chi connectivity index (χ3v) is 3.52. The fourth-order valence-corrected chi connectivity index (χ4v) is 2.36. The van der Waals surface area contributed by atoms with E-state index in [1.54, 1.807) is 10.9 Å². The normalized spacial score (nSPS) is 10.3. The van der Waals surface area contributed by atoms with Gasteiger partial charge in [-0.2, -0.15) is 5.10 Å². The Kier molecular flexibility index (Phi) is 4.10. The highest BCUT2D eigenvalue weighted by Gasteiger charge is 2.05. The van der Waals surface area contributed by atoms with Crippen LogP contribution in [0.2, 0.25) is 0 Å². The van der Waals surface area contributed by atoms with E-state index in [1.807, 2.05) is 68.6 Å². The number of carbonyl (C=O) groups excluding carboxylic acids is 1. The van der Waals surface area contributed by atoms with Crippen molar-refractivity contribution in [1.29, 1.82) is 0 Å². The summed E-state index contributed by atoms with van der Waals surface area (Å²) in [7, 11) is 0. The van der Waals surface area contributed by atoms with Crippen LogP contribution in [0.3, 0.4) is 0 Å². The first-order valence-corrected chi connectivity index (χ1v) is 7.37. The lowest BCUT2D eigenvalue weighted by atomic mass is 10.1. The molecule has 0 bridgehead atoms. The third-order valence-electron chi connectivity index (χ3n) is 3.52. The molecule has 3 rings (SSSR count). The molecule has 0 saturated heterocycles. The molecular formula is C18H18N4O. The number of carbonyl (C=O) groups is 1. The van der Waals surface area contributed by atoms with Crippen LogP contribution in [-0.4, -0.2) is 15.8 Å². The lowest BCUT2D eigenvalue weighted by molar-refractivity contribution is 0.262. The fourth-order valence-electron chi connectivity index (χ4n) is 2.36. The van der Waals surface area contributed by atoms with Crippen LogP contribution in [-0.2, 0) is 0 Å². The standard InChI is InChI=1S/C18H18N4O/c1-13-4-9-17(14(2)12-13)21-18(23)20-15-5-7-16(8-6-15)22-11-3-10-19-22/h3-12H,1-2H3,(H2,20,21,23). The van der Waals surface area contributed by atoms with Gasteiger partial charge in [0.25, 0.3) is 0 Å². The second-order valence-electron chi connectivity index (χ2n) is 5.40. The van der Waals surface area contributed by atoms with E-state index >= 15 is 0 Å². The van der Waals surface area contributed by atoms with Crippen molar-refractivity contribution >= 4 is 17.4 Å². The number of nitrogens with zero attached hydrogens (tertiary/aromatic N) is 2. The van der Waals surface area contributed by atoms with E-state index in [0.29, 0.717) is 0 Å². The molecular weight excluding hydrogens is 288 g/mol. The van der Waals surface area contributed by atoms with E-state index in [1.165, 1.54) is 5.56 Å². The summed E-state index contributed by atoms with van der Waals surface area (Å²) in [4.78, 5) is 12.1. The molecule has 23 heavy (non-hydrogen) atoms. The molecule has 1 heterocycles. The molecule has 2 amide bonds. The van der Waals surface area contributed by atoms with Crippen LogP contribution < -0.4 is 10.6 Å². The topological polar surface area (TPSA) is 59.0 Å². The number of hydrogen-bond acceptors (Lipinski definition) is 2. The van der Waals surface area contributed by atoms with Crippen LogP contribution in [0.4, 0.5) is 16.2 Å². The van der Waals surface area contributed by atoms with E-state index in [4.69, 9.17) is 0 Å². The molecule has 2 N–H and O–H groups in total. The van der Waals surface area contributed by atoms with Gasteiger partial charge < -0.3 is 10.6 Å². The van der Waals surface area contributed by atoms with Crippen molar-refractivity contribution in [3.05, 3.63) is 72.1 Å². The molecule has 1 aromatic heterocycles. The highest BCUT2D eigenvalue weighted by Crippen LogP contribution is 2.17. The number of rotatable bonds is 3. The molecule has 0 aliphatic carbocycles.